The van der Waals surface area contributed by atoms with Gasteiger partial charge in [-0.2, -0.15) is 13.2 Å². The summed E-state index contributed by atoms with van der Waals surface area (Å²) in [6.45, 7) is 2.66. The third-order valence-electron chi connectivity index (χ3n) is 0.978. The quantitative estimate of drug-likeness (QED) is 0.482. The Morgan fingerprint density at radius 2 is 2.00 bits per heavy atom. The van der Waals surface area contributed by atoms with Crippen molar-refractivity contribution in [2.45, 2.75) is 20.0 Å². The van der Waals surface area contributed by atoms with Gasteiger partial charge >= 0.3 is 12.1 Å². The molecule has 0 aromatic heterocycles. The molecule has 0 saturated carbocycles. The minimum absolute atomic E-state index is 0.0713. The molecular weight excluding hydrogens is 173 g/mol. The van der Waals surface area contributed by atoms with Crippen LogP contribution >= 0.6 is 0 Å². The van der Waals surface area contributed by atoms with Crippen LogP contribution in [0.1, 0.15) is 13.8 Å². The molecule has 0 aliphatic heterocycles. The van der Waals surface area contributed by atoms with Gasteiger partial charge in [0.05, 0.1) is 6.61 Å². The van der Waals surface area contributed by atoms with E-state index in [4.69, 9.17) is 0 Å². The van der Waals surface area contributed by atoms with Crippen molar-refractivity contribution in [3.05, 3.63) is 11.6 Å². The highest BCUT2D eigenvalue weighted by molar-refractivity contribution is 5.87. The number of carbonyl (C=O) groups is 1. The predicted octanol–water partition coefficient (Wildman–Crippen LogP) is 2.06. The molecule has 0 fully saturated rings. The number of halogens is 3. The van der Waals surface area contributed by atoms with Gasteiger partial charge in [0.25, 0.3) is 0 Å². The first-order chi connectivity index (χ1) is 5.37. The largest absolute Gasteiger partial charge is 0.463 e. The van der Waals surface area contributed by atoms with Gasteiger partial charge in [-0.05, 0) is 13.8 Å². The molecule has 2 nitrogen and oxygen atoms in total. The van der Waals surface area contributed by atoms with E-state index in [2.05, 4.69) is 4.74 Å². The second-order valence-corrected chi connectivity index (χ2v) is 2.09. The van der Waals surface area contributed by atoms with Gasteiger partial charge in [0.2, 0.25) is 0 Å². The first-order valence-corrected chi connectivity index (χ1v) is 3.30. The van der Waals surface area contributed by atoms with Gasteiger partial charge in [0, 0.05) is 11.6 Å². The van der Waals surface area contributed by atoms with E-state index in [0.717, 1.165) is 6.92 Å². The molecule has 0 unspecified atom stereocenters. The predicted molar refractivity (Wildman–Crippen MR) is 36.4 cm³/mol. The number of esters is 1. The van der Waals surface area contributed by atoms with E-state index in [-0.39, 0.29) is 12.7 Å². The maximum atomic E-state index is 11.6. The third kappa shape index (κ3) is 4.76. The second-order valence-electron chi connectivity index (χ2n) is 2.09. The molecule has 0 aromatic carbocycles. The molecule has 0 radical (unpaired) electrons. The van der Waals surface area contributed by atoms with E-state index in [9.17, 15) is 18.0 Å². The maximum Gasteiger partial charge on any atom is 0.410 e. The summed E-state index contributed by atoms with van der Waals surface area (Å²) in [7, 11) is 0. The summed E-state index contributed by atoms with van der Waals surface area (Å²) < 4.78 is 39.2. The molecule has 0 aliphatic carbocycles. The lowest BCUT2D eigenvalue weighted by molar-refractivity contribution is -0.139. The van der Waals surface area contributed by atoms with Crippen molar-refractivity contribution in [2.75, 3.05) is 6.61 Å². The van der Waals surface area contributed by atoms with Gasteiger partial charge in [0.15, 0.2) is 0 Å². The Hall–Kier alpha value is -1.00. The standard InChI is InChI=1S/C7H9F3O2/c1-3-12-6(11)5(2)4-7(8,9)10/h4H,3H2,1-2H3/b5-4-. The van der Waals surface area contributed by atoms with Crippen molar-refractivity contribution in [1.29, 1.82) is 0 Å². The van der Waals surface area contributed by atoms with E-state index in [0.29, 0.717) is 0 Å². The molecule has 0 saturated heterocycles. The van der Waals surface area contributed by atoms with Crippen molar-refractivity contribution < 1.29 is 22.7 Å². The molecule has 0 N–H and O–H groups in total. The Labute approximate surface area is 68.0 Å². The van der Waals surface area contributed by atoms with Crippen molar-refractivity contribution in [3.63, 3.8) is 0 Å². The number of rotatable bonds is 2. The Bertz CT molecular complexity index is 193. The Morgan fingerprint density at radius 1 is 1.50 bits per heavy atom. The van der Waals surface area contributed by atoms with Gasteiger partial charge < -0.3 is 4.74 Å². The van der Waals surface area contributed by atoms with Crippen LogP contribution in [0.25, 0.3) is 0 Å². The van der Waals surface area contributed by atoms with Crippen LogP contribution in [0.5, 0.6) is 0 Å². The van der Waals surface area contributed by atoms with E-state index in [1.165, 1.54) is 6.92 Å². The molecule has 0 spiro atoms. The van der Waals surface area contributed by atoms with E-state index < -0.39 is 17.7 Å². The van der Waals surface area contributed by atoms with Gasteiger partial charge in [-0.15, -0.1) is 0 Å². The van der Waals surface area contributed by atoms with Crippen molar-refractivity contribution >= 4 is 5.97 Å². The highest BCUT2D eigenvalue weighted by atomic mass is 19.4. The van der Waals surface area contributed by atoms with Crippen LogP contribution in [-0.4, -0.2) is 18.8 Å². The lowest BCUT2D eigenvalue weighted by Crippen LogP contribution is -2.10. The van der Waals surface area contributed by atoms with Gasteiger partial charge in [-0.1, -0.05) is 0 Å². The topological polar surface area (TPSA) is 26.3 Å². The number of carbonyl (C=O) groups excluding carboxylic acids is 1. The summed E-state index contributed by atoms with van der Waals surface area (Å²) in [6, 6.07) is 0. The van der Waals surface area contributed by atoms with Crippen LogP contribution < -0.4 is 0 Å². The Balaban J connectivity index is 4.28. The van der Waals surface area contributed by atoms with E-state index in [1.807, 2.05) is 0 Å². The average molecular weight is 182 g/mol. The number of hydrogen-bond acceptors (Lipinski definition) is 2. The smallest absolute Gasteiger partial charge is 0.410 e. The normalized spacial score (nSPS) is 12.9. The zero-order valence-electron chi connectivity index (χ0n) is 6.73. The molecule has 5 heteroatoms. The summed E-state index contributed by atoms with van der Waals surface area (Å²) >= 11 is 0. The van der Waals surface area contributed by atoms with Crippen LogP contribution in [0, 0.1) is 0 Å². The molecule has 0 aliphatic rings. The van der Waals surface area contributed by atoms with Crippen molar-refractivity contribution in [2.24, 2.45) is 0 Å². The summed E-state index contributed by atoms with van der Waals surface area (Å²) in [4.78, 5) is 10.6. The van der Waals surface area contributed by atoms with Crippen LogP contribution in [0.3, 0.4) is 0 Å². The number of alkyl halides is 3. The average Bonchev–Trinajstić information content (AvgIpc) is 1.84. The fourth-order valence-corrected chi connectivity index (χ4v) is 0.549. The molecular formula is C7H9F3O2. The van der Waals surface area contributed by atoms with Gasteiger partial charge in [-0.3, -0.25) is 0 Å². The Kier molecular flexibility index (Phi) is 3.79. The molecule has 0 heterocycles. The SMILES string of the molecule is CCOC(=O)/C(C)=C\C(F)(F)F. The first kappa shape index (κ1) is 11.0. The Morgan fingerprint density at radius 3 is 2.33 bits per heavy atom. The number of hydrogen-bond donors (Lipinski definition) is 0. The highest BCUT2D eigenvalue weighted by Gasteiger charge is 2.25. The molecule has 12 heavy (non-hydrogen) atoms. The zero-order valence-corrected chi connectivity index (χ0v) is 6.73. The monoisotopic (exact) mass is 182 g/mol. The lowest BCUT2D eigenvalue weighted by Gasteiger charge is -2.03. The summed E-state index contributed by atoms with van der Waals surface area (Å²) in [5, 5.41) is 0. The minimum atomic E-state index is -4.46. The summed E-state index contributed by atoms with van der Waals surface area (Å²) in [6.07, 6.45) is -4.54. The van der Waals surface area contributed by atoms with E-state index >= 15 is 0 Å². The fraction of sp³-hybridized carbons (Fsp3) is 0.571. The van der Waals surface area contributed by atoms with Crippen LogP contribution in [0.15, 0.2) is 11.6 Å². The maximum absolute atomic E-state index is 11.6. The van der Waals surface area contributed by atoms with Crippen molar-refractivity contribution in [1.82, 2.24) is 0 Å². The summed E-state index contributed by atoms with van der Waals surface area (Å²) in [5.74, 6) is -0.935. The number of ether oxygens (including phenoxy) is 1. The lowest BCUT2D eigenvalue weighted by atomic mass is 10.3. The van der Waals surface area contributed by atoms with Crippen LogP contribution in [0.4, 0.5) is 13.2 Å². The zero-order chi connectivity index (χ0) is 9.78. The second kappa shape index (κ2) is 4.13. The van der Waals surface area contributed by atoms with Gasteiger partial charge in [-0.25, -0.2) is 4.79 Å². The molecule has 0 amide bonds. The molecule has 0 atom stereocenters. The fourth-order valence-electron chi connectivity index (χ4n) is 0.549. The van der Waals surface area contributed by atoms with Crippen LogP contribution in [0.2, 0.25) is 0 Å². The minimum Gasteiger partial charge on any atom is -0.463 e. The highest BCUT2D eigenvalue weighted by Crippen LogP contribution is 2.18. The number of allylic oxidation sites excluding steroid dienone is 1. The third-order valence-corrected chi connectivity index (χ3v) is 0.978. The molecule has 0 aromatic rings. The summed E-state index contributed by atoms with van der Waals surface area (Å²) in [5.41, 5.74) is -0.440. The van der Waals surface area contributed by atoms with E-state index in [1.54, 1.807) is 0 Å². The molecule has 70 valence electrons. The van der Waals surface area contributed by atoms with Crippen LogP contribution in [-0.2, 0) is 9.53 Å². The first-order valence-electron chi connectivity index (χ1n) is 3.30. The van der Waals surface area contributed by atoms with Gasteiger partial charge in [0.1, 0.15) is 0 Å². The molecule has 0 rings (SSSR count). The molecule has 0 bridgehead atoms. The van der Waals surface area contributed by atoms with Crippen molar-refractivity contribution in [3.8, 4) is 0 Å².